The van der Waals surface area contributed by atoms with Crippen molar-refractivity contribution in [2.45, 2.75) is 17.1 Å². The molecule has 0 saturated heterocycles. The summed E-state index contributed by atoms with van der Waals surface area (Å²) in [4.78, 5) is 11.6. The molecular weight excluding hydrogens is 420 g/mol. The fourth-order valence-electron chi connectivity index (χ4n) is 0.934. The van der Waals surface area contributed by atoms with Crippen LogP contribution < -0.4 is 0 Å². The van der Waals surface area contributed by atoms with Gasteiger partial charge in [0.1, 0.15) is 0 Å². The second kappa shape index (κ2) is 3.17. The Kier molecular flexibility index (Phi) is 3.02. The fraction of sp³-hybridized carbons (Fsp3) is 0.571. The lowest BCUT2D eigenvalue weighted by molar-refractivity contribution is -0.115. The van der Waals surface area contributed by atoms with Crippen LogP contribution >= 0.6 is 63.7 Å². The Labute approximate surface area is 105 Å². The molecule has 0 saturated carbocycles. The minimum absolute atomic E-state index is 0.0133. The van der Waals surface area contributed by atoms with Gasteiger partial charge in [-0.25, -0.2) is 0 Å². The second-order valence-electron chi connectivity index (χ2n) is 3.16. The van der Waals surface area contributed by atoms with Gasteiger partial charge in [-0.1, -0.05) is 61.6 Å². The molecule has 0 bridgehead atoms. The number of carbonyl (C=O) groups is 1. The first-order valence-electron chi connectivity index (χ1n) is 3.21. The highest BCUT2D eigenvalue weighted by atomic mass is 79.9. The zero-order valence-electron chi connectivity index (χ0n) is 6.42. The lowest BCUT2D eigenvalue weighted by Crippen LogP contribution is -2.34. The number of carbonyl (C=O) groups excluding carboxylic acids is 1. The molecule has 5 heteroatoms. The SMILES string of the molecule is CC1(C)C(Br)=C(Br)C(=O)C1(Br)Br. The van der Waals surface area contributed by atoms with E-state index in [9.17, 15) is 4.79 Å². The molecule has 0 amide bonds. The van der Waals surface area contributed by atoms with Crippen molar-refractivity contribution in [2.75, 3.05) is 0 Å². The topological polar surface area (TPSA) is 17.1 Å². The average molecular weight is 426 g/mol. The Morgan fingerprint density at radius 1 is 1.17 bits per heavy atom. The van der Waals surface area contributed by atoms with E-state index in [4.69, 9.17) is 0 Å². The first-order chi connectivity index (χ1) is 5.23. The maximum absolute atomic E-state index is 11.6. The molecule has 0 aliphatic heterocycles. The van der Waals surface area contributed by atoms with Crippen LogP contribution in [0.3, 0.4) is 0 Å². The summed E-state index contributed by atoms with van der Waals surface area (Å²) in [5.74, 6) is 0.0133. The van der Waals surface area contributed by atoms with Gasteiger partial charge in [0.05, 0.1) is 4.48 Å². The molecule has 1 nitrogen and oxygen atoms in total. The van der Waals surface area contributed by atoms with E-state index >= 15 is 0 Å². The average Bonchev–Trinajstić information content (AvgIpc) is 2.05. The van der Waals surface area contributed by atoms with Crippen LogP contribution in [0.1, 0.15) is 13.8 Å². The molecule has 1 aliphatic carbocycles. The molecule has 1 rings (SSSR count). The van der Waals surface area contributed by atoms with Gasteiger partial charge in [-0.15, -0.1) is 0 Å². The third kappa shape index (κ3) is 1.31. The van der Waals surface area contributed by atoms with Crippen LogP contribution in [0.25, 0.3) is 0 Å². The molecule has 0 fully saturated rings. The van der Waals surface area contributed by atoms with Gasteiger partial charge in [-0.2, -0.15) is 0 Å². The fourth-order valence-corrected chi connectivity index (χ4v) is 4.06. The summed E-state index contributed by atoms with van der Waals surface area (Å²) < 4.78 is 0.792. The number of ketones is 1. The maximum atomic E-state index is 11.6. The van der Waals surface area contributed by atoms with Crippen LogP contribution in [0.4, 0.5) is 0 Å². The molecule has 0 N–H and O–H groups in total. The number of Topliss-reactive ketones (excluding diaryl/α,β-unsaturated/α-hetero) is 1. The highest BCUT2D eigenvalue weighted by molar-refractivity contribution is 9.26. The first-order valence-corrected chi connectivity index (χ1v) is 6.38. The van der Waals surface area contributed by atoms with Crippen LogP contribution in [0.2, 0.25) is 0 Å². The monoisotopic (exact) mass is 422 g/mol. The van der Waals surface area contributed by atoms with E-state index in [-0.39, 0.29) is 11.2 Å². The summed E-state index contributed by atoms with van der Waals surface area (Å²) in [7, 11) is 0. The maximum Gasteiger partial charge on any atom is 0.198 e. The summed E-state index contributed by atoms with van der Waals surface area (Å²) >= 11 is 13.4. The second-order valence-corrected chi connectivity index (χ2v) is 8.19. The number of rotatable bonds is 0. The third-order valence-corrected chi connectivity index (χ3v) is 7.39. The van der Waals surface area contributed by atoms with Crippen molar-refractivity contribution in [3.63, 3.8) is 0 Å². The van der Waals surface area contributed by atoms with Crippen molar-refractivity contribution < 1.29 is 4.79 Å². The van der Waals surface area contributed by atoms with Gasteiger partial charge in [-0.3, -0.25) is 4.79 Å². The molecule has 0 radical (unpaired) electrons. The number of hydrogen-bond acceptors (Lipinski definition) is 1. The molecule has 0 aromatic rings. The minimum atomic E-state index is -0.690. The number of allylic oxidation sites excluding steroid dienone is 2. The number of hydrogen-bond donors (Lipinski definition) is 0. The van der Waals surface area contributed by atoms with E-state index in [1.54, 1.807) is 0 Å². The van der Waals surface area contributed by atoms with Gasteiger partial charge < -0.3 is 0 Å². The highest BCUT2D eigenvalue weighted by Gasteiger charge is 2.55. The Hall–Kier alpha value is 1.33. The standard InChI is InChI=1S/C7H6Br4O/c1-6(2)4(9)3(8)5(12)7(6,10)11/h1-2H3. The number of alkyl halides is 2. The molecule has 0 aromatic heterocycles. The molecule has 68 valence electrons. The van der Waals surface area contributed by atoms with E-state index in [2.05, 4.69) is 63.7 Å². The van der Waals surface area contributed by atoms with E-state index in [1.165, 1.54) is 0 Å². The van der Waals surface area contributed by atoms with Crippen LogP contribution in [0, 0.1) is 5.41 Å². The molecular formula is C7H6Br4O. The van der Waals surface area contributed by atoms with Crippen molar-refractivity contribution in [3.05, 3.63) is 8.96 Å². The molecule has 0 atom stereocenters. The smallest absolute Gasteiger partial charge is 0.198 e. The highest BCUT2D eigenvalue weighted by Crippen LogP contribution is 2.59. The predicted octanol–water partition coefficient (Wildman–Crippen LogP) is 4.08. The zero-order chi connectivity index (χ0) is 9.73. The first kappa shape index (κ1) is 11.4. The van der Waals surface area contributed by atoms with E-state index in [1.807, 2.05) is 13.8 Å². The molecule has 1 aliphatic rings. The quantitative estimate of drug-likeness (QED) is 0.535. The zero-order valence-corrected chi connectivity index (χ0v) is 12.8. The van der Waals surface area contributed by atoms with Gasteiger partial charge in [-0.05, 0) is 15.9 Å². The van der Waals surface area contributed by atoms with Crippen molar-refractivity contribution >= 4 is 69.5 Å². The van der Waals surface area contributed by atoms with Crippen LogP contribution in [0.15, 0.2) is 8.96 Å². The van der Waals surface area contributed by atoms with Crippen LogP contribution in [0.5, 0.6) is 0 Å². The van der Waals surface area contributed by atoms with Crippen molar-refractivity contribution in [1.82, 2.24) is 0 Å². The van der Waals surface area contributed by atoms with Gasteiger partial charge in [0, 0.05) is 9.90 Å². The van der Waals surface area contributed by atoms with Crippen molar-refractivity contribution in [1.29, 1.82) is 0 Å². The van der Waals surface area contributed by atoms with Gasteiger partial charge in [0.15, 0.2) is 9.02 Å². The van der Waals surface area contributed by atoms with E-state index in [0.29, 0.717) is 4.48 Å². The van der Waals surface area contributed by atoms with E-state index < -0.39 is 3.23 Å². The summed E-state index contributed by atoms with van der Waals surface area (Å²) in [5.41, 5.74) is -0.275. The Balaban J connectivity index is 3.31. The minimum Gasteiger partial charge on any atom is -0.291 e. The summed E-state index contributed by atoms with van der Waals surface area (Å²) in [5, 5.41) is 0. The van der Waals surface area contributed by atoms with Crippen molar-refractivity contribution in [2.24, 2.45) is 5.41 Å². The molecule has 0 heterocycles. The van der Waals surface area contributed by atoms with Crippen molar-refractivity contribution in [3.8, 4) is 0 Å². The Morgan fingerprint density at radius 2 is 1.58 bits per heavy atom. The molecule has 12 heavy (non-hydrogen) atoms. The van der Waals surface area contributed by atoms with Gasteiger partial charge in [0.2, 0.25) is 0 Å². The number of halogens is 4. The summed E-state index contributed by atoms with van der Waals surface area (Å²) in [6.45, 7) is 3.96. The molecule has 0 aromatic carbocycles. The lowest BCUT2D eigenvalue weighted by Gasteiger charge is -2.30. The van der Waals surface area contributed by atoms with Gasteiger partial charge in [0.25, 0.3) is 0 Å². The lowest BCUT2D eigenvalue weighted by atomic mass is 9.93. The largest absolute Gasteiger partial charge is 0.291 e. The van der Waals surface area contributed by atoms with Gasteiger partial charge >= 0.3 is 0 Å². The summed E-state index contributed by atoms with van der Waals surface area (Å²) in [6.07, 6.45) is 0. The van der Waals surface area contributed by atoms with Crippen LogP contribution in [-0.4, -0.2) is 9.02 Å². The van der Waals surface area contributed by atoms with Crippen LogP contribution in [-0.2, 0) is 4.79 Å². The Bertz CT molecular complexity index is 277. The molecule has 0 spiro atoms. The normalized spacial score (nSPS) is 26.7. The predicted molar refractivity (Wildman–Crippen MR) is 64.3 cm³/mol. The Morgan fingerprint density at radius 3 is 1.67 bits per heavy atom. The molecule has 0 unspecified atom stereocenters. The third-order valence-electron chi connectivity index (χ3n) is 2.01. The van der Waals surface area contributed by atoms with E-state index in [0.717, 1.165) is 4.48 Å². The summed E-state index contributed by atoms with van der Waals surface area (Å²) in [6, 6.07) is 0.